The van der Waals surface area contributed by atoms with Crippen molar-refractivity contribution in [1.29, 1.82) is 0 Å². The second-order valence-corrected chi connectivity index (χ2v) is 6.34. The van der Waals surface area contributed by atoms with Gasteiger partial charge in [-0.3, -0.25) is 4.79 Å². The Morgan fingerprint density at radius 1 is 1.23 bits per heavy atom. The number of nitrogens with zero attached hydrogens (tertiary/aromatic N) is 1. The number of aromatic carboxylic acids is 1. The number of nitrogens with one attached hydrogen (secondary N) is 1. The van der Waals surface area contributed by atoms with Crippen molar-refractivity contribution in [1.82, 2.24) is 5.32 Å². The van der Waals surface area contributed by atoms with E-state index in [1.165, 1.54) is 17.8 Å². The van der Waals surface area contributed by atoms with E-state index < -0.39 is 5.97 Å². The maximum atomic E-state index is 12.1. The summed E-state index contributed by atoms with van der Waals surface area (Å²) in [5.74, 6) is -0.564. The summed E-state index contributed by atoms with van der Waals surface area (Å²) in [6, 6.07) is 13.8. The van der Waals surface area contributed by atoms with Crippen LogP contribution < -0.4 is 10.1 Å². The third-order valence-corrected chi connectivity index (χ3v) is 4.41. The molecule has 1 fully saturated rings. The molecule has 3 rings (SSSR count). The second-order valence-electron chi connectivity index (χ2n) is 5.31. The predicted molar refractivity (Wildman–Crippen MR) is 102 cm³/mol. The smallest absolute Gasteiger partial charge is 0.337 e. The van der Waals surface area contributed by atoms with Crippen LogP contribution in [0.5, 0.6) is 5.75 Å². The first-order valence-electron chi connectivity index (χ1n) is 7.91. The second kappa shape index (κ2) is 7.88. The van der Waals surface area contributed by atoms with Gasteiger partial charge in [-0.15, -0.1) is 0 Å². The van der Waals surface area contributed by atoms with E-state index in [2.05, 4.69) is 10.3 Å². The quantitative estimate of drug-likeness (QED) is 0.786. The molecule has 2 N–H and O–H groups in total. The van der Waals surface area contributed by atoms with Crippen molar-refractivity contribution in [3.05, 3.63) is 64.6 Å². The number of rotatable bonds is 5. The Balaban J connectivity index is 1.81. The maximum absolute atomic E-state index is 12.1. The maximum Gasteiger partial charge on any atom is 0.337 e. The van der Waals surface area contributed by atoms with Gasteiger partial charge in [-0.1, -0.05) is 24.3 Å². The van der Waals surface area contributed by atoms with Crippen LogP contribution in [-0.2, 0) is 4.79 Å². The van der Waals surface area contributed by atoms with Gasteiger partial charge in [-0.25, -0.2) is 9.79 Å². The number of carbonyl (C=O) groups is 2. The molecule has 7 heteroatoms. The van der Waals surface area contributed by atoms with Crippen LogP contribution >= 0.6 is 11.8 Å². The molecule has 26 heavy (non-hydrogen) atoms. The van der Waals surface area contributed by atoms with Crippen LogP contribution in [0.3, 0.4) is 0 Å². The number of amides is 1. The highest BCUT2D eigenvalue weighted by atomic mass is 32.2. The number of ether oxygens (including phenoxy) is 1. The molecule has 0 aromatic heterocycles. The van der Waals surface area contributed by atoms with Gasteiger partial charge in [0.15, 0.2) is 5.17 Å². The van der Waals surface area contributed by atoms with Crippen LogP contribution in [-0.4, -0.2) is 28.8 Å². The summed E-state index contributed by atoms with van der Waals surface area (Å²) >= 11 is 1.17. The zero-order valence-electron chi connectivity index (χ0n) is 13.9. The fraction of sp³-hybridized carbons (Fsp3) is 0.105. The number of thioether (sulfide) groups is 1. The lowest BCUT2D eigenvalue weighted by Crippen LogP contribution is -2.19. The third kappa shape index (κ3) is 4.12. The van der Waals surface area contributed by atoms with Gasteiger partial charge < -0.3 is 15.2 Å². The van der Waals surface area contributed by atoms with Gasteiger partial charge in [0.1, 0.15) is 5.75 Å². The van der Waals surface area contributed by atoms with Crippen LogP contribution in [0.1, 0.15) is 22.8 Å². The average Bonchev–Trinajstić information content (AvgIpc) is 2.96. The molecule has 0 radical (unpaired) electrons. The summed E-state index contributed by atoms with van der Waals surface area (Å²) in [6.45, 7) is 2.51. The molecule has 0 saturated carbocycles. The van der Waals surface area contributed by atoms with Gasteiger partial charge in [0.25, 0.3) is 5.91 Å². The Hall–Kier alpha value is -3.06. The third-order valence-electron chi connectivity index (χ3n) is 3.50. The van der Waals surface area contributed by atoms with Crippen LogP contribution in [0.2, 0.25) is 0 Å². The highest BCUT2D eigenvalue weighted by Crippen LogP contribution is 2.29. The molecule has 1 heterocycles. The van der Waals surface area contributed by atoms with Gasteiger partial charge >= 0.3 is 5.97 Å². The zero-order chi connectivity index (χ0) is 18.5. The molecule has 132 valence electrons. The van der Waals surface area contributed by atoms with E-state index in [9.17, 15) is 14.7 Å². The summed E-state index contributed by atoms with van der Waals surface area (Å²) in [4.78, 5) is 28.2. The lowest BCUT2D eigenvalue weighted by molar-refractivity contribution is -0.115. The minimum Gasteiger partial charge on any atom is -0.494 e. The lowest BCUT2D eigenvalue weighted by Gasteiger charge is -2.02. The molecule has 1 amide bonds. The highest BCUT2D eigenvalue weighted by Gasteiger charge is 2.24. The molecular formula is C19H16N2O4S. The molecule has 0 bridgehead atoms. The van der Waals surface area contributed by atoms with E-state index in [0.29, 0.717) is 22.4 Å². The SMILES string of the molecule is CCOc1ccc(C=C2SC(=Nc3ccccc3C(=O)O)NC2=O)cc1. The van der Waals surface area contributed by atoms with Crippen LogP contribution in [0.25, 0.3) is 6.08 Å². The van der Waals surface area contributed by atoms with Crippen molar-refractivity contribution in [3.8, 4) is 5.75 Å². The standard InChI is InChI=1S/C19H16N2O4S/c1-2-25-13-9-7-12(8-10-13)11-16-17(22)21-19(26-16)20-15-6-4-3-5-14(15)18(23)24/h3-11H,2H2,1H3,(H,23,24)(H,20,21,22). The van der Waals surface area contributed by atoms with Crippen molar-refractivity contribution in [2.75, 3.05) is 6.61 Å². The van der Waals surface area contributed by atoms with Crippen molar-refractivity contribution in [2.45, 2.75) is 6.92 Å². The summed E-state index contributed by atoms with van der Waals surface area (Å²) < 4.78 is 5.39. The molecule has 2 aromatic rings. The van der Waals surface area contributed by atoms with E-state index in [0.717, 1.165) is 11.3 Å². The Morgan fingerprint density at radius 3 is 2.65 bits per heavy atom. The van der Waals surface area contributed by atoms with E-state index in [-0.39, 0.29) is 11.5 Å². The first-order chi connectivity index (χ1) is 12.6. The van der Waals surface area contributed by atoms with Crippen molar-refractivity contribution in [3.63, 3.8) is 0 Å². The molecule has 6 nitrogen and oxygen atoms in total. The predicted octanol–water partition coefficient (Wildman–Crippen LogP) is 3.68. The molecule has 0 aliphatic carbocycles. The average molecular weight is 368 g/mol. The van der Waals surface area contributed by atoms with Crippen molar-refractivity contribution < 1.29 is 19.4 Å². The van der Waals surface area contributed by atoms with Gasteiger partial charge in [0.05, 0.1) is 22.8 Å². The molecule has 0 spiro atoms. The number of para-hydroxylation sites is 1. The minimum atomic E-state index is -1.07. The Kier molecular flexibility index (Phi) is 5.38. The lowest BCUT2D eigenvalue weighted by atomic mass is 10.2. The zero-order valence-corrected chi connectivity index (χ0v) is 14.7. The number of benzene rings is 2. The fourth-order valence-corrected chi connectivity index (χ4v) is 3.15. The normalized spacial score (nSPS) is 16.7. The van der Waals surface area contributed by atoms with Gasteiger partial charge in [-0.05, 0) is 54.6 Å². The summed E-state index contributed by atoms with van der Waals surface area (Å²) in [7, 11) is 0. The number of carboxylic acid groups (broad SMARTS) is 1. The van der Waals surface area contributed by atoms with E-state index in [1.807, 2.05) is 31.2 Å². The van der Waals surface area contributed by atoms with E-state index >= 15 is 0 Å². The minimum absolute atomic E-state index is 0.0822. The van der Waals surface area contributed by atoms with E-state index in [4.69, 9.17) is 4.74 Å². The fourth-order valence-electron chi connectivity index (χ4n) is 2.32. The molecule has 1 aliphatic heterocycles. The van der Waals surface area contributed by atoms with Gasteiger partial charge in [-0.2, -0.15) is 0 Å². The topological polar surface area (TPSA) is 88.0 Å². The van der Waals surface area contributed by atoms with Gasteiger partial charge in [0, 0.05) is 0 Å². The molecular weight excluding hydrogens is 352 g/mol. The molecule has 0 unspecified atom stereocenters. The summed E-state index contributed by atoms with van der Waals surface area (Å²) in [5.41, 5.74) is 1.24. The largest absolute Gasteiger partial charge is 0.494 e. The van der Waals surface area contributed by atoms with Crippen LogP contribution in [0.15, 0.2) is 58.4 Å². The van der Waals surface area contributed by atoms with Crippen molar-refractivity contribution >= 4 is 40.6 Å². The Morgan fingerprint density at radius 2 is 1.96 bits per heavy atom. The van der Waals surface area contributed by atoms with Crippen LogP contribution in [0, 0.1) is 0 Å². The monoisotopic (exact) mass is 368 g/mol. The summed E-state index contributed by atoms with van der Waals surface area (Å²) in [5, 5.41) is 12.2. The first kappa shape index (κ1) is 17.8. The molecule has 2 aromatic carbocycles. The molecule has 0 atom stereocenters. The first-order valence-corrected chi connectivity index (χ1v) is 8.73. The number of hydrogen-bond acceptors (Lipinski definition) is 5. The Labute approximate surface area is 154 Å². The Bertz CT molecular complexity index is 904. The number of amidine groups is 1. The van der Waals surface area contributed by atoms with Crippen LogP contribution in [0.4, 0.5) is 5.69 Å². The van der Waals surface area contributed by atoms with Gasteiger partial charge in [0.2, 0.25) is 0 Å². The van der Waals surface area contributed by atoms with Crippen molar-refractivity contribution in [2.24, 2.45) is 4.99 Å². The summed E-state index contributed by atoms with van der Waals surface area (Å²) in [6.07, 6.45) is 1.75. The number of carboxylic acids is 1. The highest BCUT2D eigenvalue weighted by molar-refractivity contribution is 8.18. The molecule has 1 aliphatic rings. The van der Waals surface area contributed by atoms with E-state index in [1.54, 1.807) is 24.3 Å². The number of hydrogen-bond donors (Lipinski definition) is 2. The number of aliphatic imine (C=N–C) groups is 1. The number of carbonyl (C=O) groups excluding carboxylic acids is 1. The molecule has 1 saturated heterocycles.